The fraction of sp³-hybridized carbons (Fsp3) is 0.188. The molecule has 0 bridgehead atoms. The second-order valence-electron chi connectivity index (χ2n) is 4.78. The van der Waals surface area contributed by atoms with Gasteiger partial charge in [0.1, 0.15) is 0 Å². The standard InChI is InChI=1S/C16H17N3O4/c1-2-23-16(20)15-13(17)8-12(9-14(15)19(21)22)18-10-11-6-4-3-5-7-11/h3-9,18H,2,10,17H2,1H3. The van der Waals surface area contributed by atoms with E-state index in [9.17, 15) is 14.9 Å². The van der Waals surface area contributed by atoms with Gasteiger partial charge in [-0.25, -0.2) is 4.79 Å². The molecular weight excluding hydrogens is 298 g/mol. The summed E-state index contributed by atoms with van der Waals surface area (Å²) >= 11 is 0. The predicted octanol–water partition coefficient (Wildman–Crippen LogP) is 2.97. The Hall–Kier alpha value is -3.09. The Morgan fingerprint density at radius 3 is 2.61 bits per heavy atom. The first-order valence-corrected chi connectivity index (χ1v) is 7.05. The quantitative estimate of drug-likeness (QED) is 0.367. The average molecular weight is 315 g/mol. The molecule has 0 saturated carbocycles. The lowest BCUT2D eigenvalue weighted by Crippen LogP contribution is -2.12. The molecule has 0 heterocycles. The number of rotatable bonds is 6. The maximum Gasteiger partial charge on any atom is 0.347 e. The van der Waals surface area contributed by atoms with Crippen molar-refractivity contribution in [1.82, 2.24) is 0 Å². The average Bonchev–Trinajstić information content (AvgIpc) is 2.53. The normalized spacial score (nSPS) is 10.1. The number of esters is 1. The summed E-state index contributed by atoms with van der Waals surface area (Å²) in [5.74, 6) is -0.800. The maximum atomic E-state index is 11.9. The Bertz CT molecular complexity index is 717. The van der Waals surface area contributed by atoms with E-state index in [1.54, 1.807) is 6.92 Å². The van der Waals surface area contributed by atoms with Crippen LogP contribution < -0.4 is 11.1 Å². The molecule has 23 heavy (non-hydrogen) atoms. The molecule has 7 nitrogen and oxygen atoms in total. The topological polar surface area (TPSA) is 107 Å². The Kier molecular flexibility index (Phi) is 5.14. The SMILES string of the molecule is CCOC(=O)c1c(N)cc(NCc2ccccc2)cc1[N+](=O)[O-]. The van der Waals surface area contributed by atoms with Gasteiger partial charge >= 0.3 is 5.97 Å². The Morgan fingerprint density at radius 2 is 2.00 bits per heavy atom. The molecule has 7 heteroatoms. The second kappa shape index (κ2) is 7.26. The summed E-state index contributed by atoms with van der Waals surface area (Å²) in [4.78, 5) is 22.4. The summed E-state index contributed by atoms with van der Waals surface area (Å²) in [5.41, 5.74) is 6.71. The van der Waals surface area contributed by atoms with Crippen LogP contribution >= 0.6 is 0 Å². The van der Waals surface area contributed by atoms with Crippen LogP contribution in [0.1, 0.15) is 22.8 Å². The van der Waals surface area contributed by atoms with E-state index in [0.717, 1.165) is 5.56 Å². The summed E-state index contributed by atoms with van der Waals surface area (Å²) in [6.45, 7) is 2.22. The monoisotopic (exact) mass is 315 g/mol. The molecule has 0 aliphatic heterocycles. The van der Waals surface area contributed by atoms with Gasteiger partial charge in [-0.05, 0) is 18.6 Å². The van der Waals surface area contributed by atoms with Crippen molar-refractivity contribution in [2.24, 2.45) is 0 Å². The lowest BCUT2D eigenvalue weighted by molar-refractivity contribution is -0.385. The van der Waals surface area contributed by atoms with Crippen molar-refractivity contribution in [3.63, 3.8) is 0 Å². The highest BCUT2D eigenvalue weighted by atomic mass is 16.6. The first kappa shape index (κ1) is 16.3. The highest BCUT2D eigenvalue weighted by molar-refractivity contribution is 6.00. The van der Waals surface area contributed by atoms with E-state index >= 15 is 0 Å². The number of hydrogen-bond donors (Lipinski definition) is 2. The molecule has 0 unspecified atom stereocenters. The van der Waals surface area contributed by atoms with Crippen molar-refractivity contribution in [3.8, 4) is 0 Å². The van der Waals surface area contributed by atoms with Gasteiger partial charge < -0.3 is 15.8 Å². The van der Waals surface area contributed by atoms with Crippen LogP contribution in [0.3, 0.4) is 0 Å². The number of carbonyl (C=O) groups is 1. The number of nitro benzene ring substituents is 1. The van der Waals surface area contributed by atoms with Crippen molar-refractivity contribution in [2.75, 3.05) is 17.7 Å². The van der Waals surface area contributed by atoms with Crippen LogP contribution in [0.15, 0.2) is 42.5 Å². The Balaban J connectivity index is 2.29. The minimum atomic E-state index is -0.800. The van der Waals surface area contributed by atoms with Crippen LogP contribution in [0.4, 0.5) is 17.1 Å². The number of nitro groups is 1. The van der Waals surface area contributed by atoms with Crippen LogP contribution in [-0.4, -0.2) is 17.5 Å². The third kappa shape index (κ3) is 3.97. The van der Waals surface area contributed by atoms with Gasteiger partial charge in [0, 0.05) is 18.3 Å². The molecule has 0 aliphatic carbocycles. The third-order valence-electron chi connectivity index (χ3n) is 3.16. The zero-order valence-electron chi connectivity index (χ0n) is 12.6. The maximum absolute atomic E-state index is 11.9. The number of benzene rings is 2. The molecule has 0 atom stereocenters. The van der Waals surface area contributed by atoms with Gasteiger partial charge in [0.25, 0.3) is 5.69 Å². The van der Waals surface area contributed by atoms with Gasteiger partial charge in [-0.15, -0.1) is 0 Å². The van der Waals surface area contributed by atoms with Crippen LogP contribution in [-0.2, 0) is 11.3 Å². The van der Waals surface area contributed by atoms with E-state index in [2.05, 4.69) is 5.32 Å². The summed E-state index contributed by atoms with van der Waals surface area (Å²) in [6, 6.07) is 12.3. The zero-order valence-corrected chi connectivity index (χ0v) is 12.6. The summed E-state index contributed by atoms with van der Waals surface area (Å²) in [7, 11) is 0. The van der Waals surface area contributed by atoms with E-state index in [-0.39, 0.29) is 23.5 Å². The molecule has 0 spiro atoms. The van der Waals surface area contributed by atoms with Crippen LogP contribution in [0, 0.1) is 10.1 Å². The van der Waals surface area contributed by atoms with E-state index in [1.807, 2.05) is 30.3 Å². The number of nitrogens with one attached hydrogen (secondary N) is 1. The molecule has 0 amide bonds. The number of hydrogen-bond acceptors (Lipinski definition) is 6. The molecule has 0 radical (unpaired) electrons. The van der Waals surface area contributed by atoms with Gasteiger partial charge in [-0.3, -0.25) is 10.1 Å². The summed E-state index contributed by atoms with van der Waals surface area (Å²) in [6.07, 6.45) is 0. The van der Waals surface area contributed by atoms with Gasteiger partial charge in [0.05, 0.1) is 17.2 Å². The minimum absolute atomic E-state index is 0.00760. The van der Waals surface area contributed by atoms with Crippen molar-refractivity contribution in [3.05, 3.63) is 63.7 Å². The highest BCUT2D eigenvalue weighted by Crippen LogP contribution is 2.30. The summed E-state index contributed by atoms with van der Waals surface area (Å²) < 4.78 is 4.82. The van der Waals surface area contributed by atoms with Crippen molar-refractivity contribution in [1.29, 1.82) is 0 Å². The first-order valence-electron chi connectivity index (χ1n) is 7.05. The lowest BCUT2D eigenvalue weighted by Gasteiger charge is -2.11. The zero-order chi connectivity index (χ0) is 16.8. The largest absolute Gasteiger partial charge is 0.462 e. The molecule has 2 aromatic carbocycles. The molecular formula is C16H17N3O4. The number of nitrogen functional groups attached to an aromatic ring is 1. The lowest BCUT2D eigenvalue weighted by atomic mass is 10.1. The first-order chi connectivity index (χ1) is 11.0. The molecule has 2 aromatic rings. The van der Waals surface area contributed by atoms with E-state index in [1.165, 1.54) is 12.1 Å². The molecule has 0 saturated heterocycles. The number of nitrogens with two attached hydrogens (primary N) is 1. The van der Waals surface area contributed by atoms with E-state index in [4.69, 9.17) is 10.5 Å². The molecule has 2 rings (SSSR count). The van der Waals surface area contributed by atoms with E-state index < -0.39 is 10.9 Å². The third-order valence-corrected chi connectivity index (χ3v) is 3.16. The number of ether oxygens (including phenoxy) is 1. The van der Waals surface area contributed by atoms with Crippen LogP contribution in [0.2, 0.25) is 0 Å². The van der Waals surface area contributed by atoms with Crippen LogP contribution in [0.5, 0.6) is 0 Å². The fourth-order valence-corrected chi connectivity index (χ4v) is 2.12. The predicted molar refractivity (Wildman–Crippen MR) is 87.2 cm³/mol. The van der Waals surface area contributed by atoms with Crippen molar-refractivity contribution in [2.45, 2.75) is 13.5 Å². The molecule has 3 N–H and O–H groups in total. The fourth-order valence-electron chi connectivity index (χ4n) is 2.12. The van der Waals surface area contributed by atoms with Crippen LogP contribution in [0.25, 0.3) is 0 Å². The number of nitrogens with zero attached hydrogens (tertiary/aromatic N) is 1. The summed E-state index contributed by atoms with van der Waals surface area (Å²) in [5, 5.41) is 14.3. The highest BCUT2D eigenvalue weighted by Gasteiger charge is 2.25. The molecule has 0 aliphatic rings. The van der Waals surface area contributed by atoms with Gasteiger partial charge in [0.15, 0.2) is 5.56 Å². The van der Waals surface area contributed by atoms with Gasteiger partial charge in [-0.1, -0.05) is 30.3 Å². The molecule has 0 fully saturated rings. The van der Waals surface area contributed by atoms with Crippen molar-refractivity contribution >= 4 is 23.0 Å². The van der Waals surface area contributed by atoms with Crippen molar-refractivity contribution < 1.29 is 14.5 Å². The second-order valence-corrected chi connectivity index (χ2v) is 4.78. The Morgan fingerprint density at radius 1 is 1.30 bits per heavy atom. The number of carbonyl (C=O) groups excluding carboxylic acids is 1. The van der Waals surface area contributed by atoms with E-state index in [0.29, 0.717) is 12.2 Å². The molecule has 0 aromatic heterocycles. The van der Waals surface area contributed by atoms with Gasteiger partial charge in [-0.2, -0.15) is 0 Å². The number of anilines is 2. The smallest absolute Gasteiger partial charge is 0.347 e. The van der Waals surface area contributed by atoms with Gasteiger partial charge in [0.2, 0.25) is 0 Å². The minimum Gasteiger partial charge on any atom is -0.462 e. The Labute approximate surface area is 133 Å². The molecule has 120 valence electrons.